The number of hydrogen-bond acceptors (Lipinski definition) is 5. The van der Waals surface area contributed by atoms with Crippen molar-refractivity contribution < 1.29 is 9.47 Å². The van der Waals surface area contributed by atoms with E-state index in [1.54, 1.807) is 7.11 Å². The van der Waals surface area contributed by atoms with Crippen LogP contribution in [0, 0.1) is 0 Å². The van der Waals surface area contributed by atoms with Gasteiger partial charge in [-0.1, -0.05) is 30.3 Å². The highest BCUT2D eigenvalue weighted by molar-refractivity contribution is 5.70. The summed E-state index contributed by atoms with van der Waals surface area (Å²) in [6, 6.07) is 27.3. The second-order valence-corrected chi connectivity index (χ2v) is 8.34. The Balaban J connectivity index is 1.35. The molecule has 1 unspecified atom stereocenters. The maximum absolute atomic E-state index is 6.63. The summed E-state index contributed by atoms with van der Waals surface area (Å²) in [4.78, 5) is 7.30. The highest BCUT2D eigenvalue weighted by atomic mass is 16.5. The van der Waals surface area contributed by atoms with Crippen LogP contribution in [0.15, 0.2) is 78.9 Å². The Hall–Kier alpha value is -3.18. The van der Waals surface area contributed by atoms with Gasteiger partial charge in [0, 0.05) is 37.6 Å². The molecule has 5 heteroatoms. The Kier molecular flexibility index (Phi) is 5.20. The summed E-state index contributed by atoms with van der Waals surface area (Å²) < 4.78 is 11.9. The van der Waals surface area contributed by atoms with Crippen LogP contribution in [0.4, 0.5) is 17.1 Å². The molecule has 0 aliphatic carbocycles. The number of hydrogen-bond donors (Lipinski definition) is 0. The lowest BCUT2D eigenvalue weighted by Crippen LogP contribution is -2.63. The van der Waals surface area contributed by atoms with E-state index in [1.807, 2.05) is 12.1 Å². The minimum absolute atomic E-state index is 0.393. The van der Waals surface area contributed by atoms with Gasteiger partial charge in [0.1, 0.15) is 11.5 Å². The first-order valence-corrected chi connectivity index (χ1v) is 10.9. The fraction of sp³-hybridized carbons (Fsp3) is 0.308. The molecular formula is C26H29N3O2. The molecule has 0 N–H and O–H groups in total. The van der Waals surface area contributed by atoms with Gasteiger partial charge in [0.2, 0.25) is 0 Å². The summed E-state index contributed by atoms with van der Waals surface area (Å²) >= 11 is 0. The summed E-state index contributed by atoms with van der Waals surface area (Å²) in [5.74, 6) is 1.84. The average molecular weight is 416 g/mol. The van der Waals surface area contributed by atoms with E-state index in [2.05, 4.69) is 88.4 Å². The van der Waals surface area contributed by atoms with E-state index in [1.165, 1.54) is 11.4 Å². The van der Waals surface area contributed by atoms with E-state index in [0.29, 0.717) is 0 Å². The van der Waals surface area contributed by atoms with Crippen molar-refractivity contribution in [2.45, 2.75) is 12.6 Å². The molecule has 0 bridgehead atoms. The lowest BCUT2D eigenvalue weighted by Gasteiger charge is -2.50. The number of benzene rings is 3. The first-order valence-electron chi connectivity index (χ1n) is 10.9. The zero-order valence-electron chi connectivity index (χ0n) is 18.2. The molecule has 1 saturated heterocycles. The van der Waals surface area contributed by atoms with Gasteiger partial charge in [0.15, 0.2) is 5.72 Å². The molecule has 5 nitrogen and oxygen atoms in total. The van der Waals surface area contributed by atoms with Crippen LogP contribution in [0.25, 0.3) is 0 Å². The van der Waals surface area contributed by atoms with Crippen LogP contribution in [0.2, 0.25) is 0 Å². The van der Waals surface area contributed by atoms with Gasteiger partial charge >= 0.3 is 0 Å². The molecule has 1 atom stereocenters. The van der Waals surface area contributed by atoms with Crippen molar-refractivity contribution in [1.82, 2.24) is 4.90 Å². The lowest BCUT2D eigenvalue weighted by molar-refractivity contribution is -0.0708. The van der Waals surface area contributed by atoms with Gasteiger partial charge in [0.25, 0.3) is 0 Å². The first kappa shape index (κ1) is 19.8. The number of ether oxygens (including phenoxy) is 2. The summed E-state index contributed by atoms with van der Waals surface area (Å²) in [6.07, 6.45) is 0. The van der Waals surface area contributed by atoms with Crippen molar-refractivity contribution in [2.24, 2.45) is 0 Å². The van der Waals surface area contributed by atoms with E-state index in [9.17, 15) is 0 Å². The predicted octanol–water partition coefficient (Wildman–Crippen LogP) is 4.76. The van der Waals surface area contributed by atoms with Crippen molar-refractivity contribution in [3.63, 3.8) is 0 Å². The number of methoxy groups -OCH3 is 1. The molecule has 2 aliphatic heterocycles. The molecule has 0 amide bonds. The zero-order valence-corrected chi connectivity index (χ0v) is 18.2. The number of piperazine rings is 1. The van der Waals surface area contributed by atoms with E-state index in [4.69, 9.17) is 9.47 Å². The molecular weight excluding hydrogens is 386 g/mol. The molecule has 0 radical (unpaired) electrons. The van der Waals surface area contributed by atoms with Gasteiger partial charge in [-0.3, -0.25) is 4.90 Å². The fourth-order valence-electron chi connectivity index (χ4n) is 4.65. The van der Waals surface area contributed by atoms with Crippen molar-refractivity contribution >= 4 is 17.1 Å². The van der Waals surface area contributed by atoms with E-state index in [0.717, 1.165) is 49.9 Å². The Bertz CT molecular complexity index is 1020. The molecule has 31 heavy (non-hydrogen) atoms. The van der Waals surface area contributed by atoms with Gasteiger partial charge < -0.3 is 19.3 Å². The van der Waals surface area contributed by atoms with Gasteiger partial charge in [0.05, 0.1) is 19.3 Å². The van der Waals surface area contributed by atoms with Crippen molar-refractivity contribution in [1.29, 1.82) is 0 Å². The maximum Gasteiger partial charge on any atom is 0.178 e. The van der Waals surface area contributed by atoms with Gasteiger partial charge in [-0.05, 0) is 55.5 Å². The smallest absolute Gasteiger partial charge is 0.178 e. The van der Waals surface area contributed by atoms with Gasteiger partial charge in [-0.2, -0.15) is 0 Å². The third-order valence-electron chi connectivity index (χ3n) is 6.39. The molecule has 0 saturated carbocycles. The van der Waals surface area contributed by atoms with Gasteiger partial charge in [-0.15, -0.1) is 0 Å². The lowest BCUT2D eigenvalue weighted by atomic mass is 10.1. The van der Waals surface area contributed by atoms with Crippen LogP contribution in [-0.4, -0.2) is 50.5 Å². The molecule has 3 aromatic rings. The number of rotatable bonds is 4. The van der Waals surface area contributed by atoms with Crippen LogP contribution in [0.1, 0.15) is 6.92 Å². The Morgan fingerprint density at radius 1 is 0.774 bits per heavy atom. The zero-order chi connectivity index (χ0) is 21.3. The number of fused-ring (bicyclic) bond motifs is 1. The maximum atomic E-state index is 6.63. The third kappa shape index (κ3) is 3.81. The molecule has 3 aromatic carbocycles. The highest BCUT2D eigenvalue weighted by Crippen LogP contribution is 2.42. The first-order chi connectivity index (χ1) is 15.2. The van der Waals surface area contributed by atoms with Crippen molar-refractivity contribution in [3.8, 4) is 11.5 Å². The van der Waals surface area contributed by atoms with Crippen molar-refractivity contribution in [3.05, 3.63) is 78.9 Å². The fourth-order valence-corrected chi connectivity index (χ4v) is 4.65. The summed E-state index contributed by atoms with van der Waals surface area (Å²) in [5, 5.41) is 0. The van der Waals surface area contributed by atoms with Crippen LogP contribution in [0.5, 0.6) is 11.5 Å². The van der Waals surface area contributed by atoms with E-state index < -0.39 is 5.72 Å². The minimum Gasteiger partial charge on any atom is -0.497 e. The summed E-state index contributed by atoms with van der Waals surface area (Å²) in [6.45, 7) is 6.86. The molecule has 2 aliphatic rings. The van der Waals surface area contributed by atoms with E-state index in [-0.39, 0.29) is 0 Å². The van der Waals surface area contributed by atoms with Crippen LogP contribution in [0.3, 0.4) is 0 Å². The van der Waals surface area contributed by atoms with Crippen LogP contribution >= 0.6 is 0 Å². The summed E-state index contributed by atoms with van der Waals surface area (Å²) in [5.41, 5.74) is 3.17. The Labute approximate surface area is 184 Å². The predicted molar refractivity (Wildman–Crippen MR) is 126 cm³/mol. The number of nitrogens with zero attached hydrogens (tertiary/aromatic N) is 3. The molecule has 0 aromatic heterocycles. The minimum atomic E-state index is -0.393. The Morgan fingerprint density at radius 2 is 1.45 bits per heavy atom. The molecule has 1 fully saturated rings. The summed E-state index contributed by atoms with van der Waals surface area (Å²) in [7, 11) is 1.70. The second-order valence-electron chi connectivity index (χ2n) is 8.34. The van der Waals surface area contributed by atoms with Gasteiger partial charge in [-0.25, -0.2) is 0 Å². The average Bonchev–Trinajstić information content (AvgIpc) is 2.84. The third-order valence-corrected chi connectivity index (χ3v) is 6.39. The molecule has 160 valence electrons. The monoisotopic (exact) mass is 415 g/mol. The molecule has 2 heterocycles. The Morgan fingerprint density at radius 3 is 2.16 bits per heavy atom. The quantitative estimate of drug-likeness (QED) is 0.612. The number of para-hydroxylation sites is 3. The van der Waals surface area contributed by atoms with Crippen LogP contribution < -0.4 is 19.3 Å². The number of anilines is 3. The highest BCUT2D eigenvalue weighted by Gasteiger charge is 2.42. The largest absolute Gasteiger partial charge is 0.497 e. The van der Waals surface area contributed by atoms with Crippen LogP contribution in [-0.2, 0) is 0 Å². The normalized spacial score (nSPS) is 21.4. The molecule has 0 spiro atoms. The topological polar surface area (TPSA) is 28.2 Å². The van der Waals surface area contributed by atoms with Crippen molar-refractivity contribution in [2.75, 3.05) is 49.6 Å². The van der Waals surface area contributed by atoms with E-state index >= 15 is 0 Å². The molecule has 5 rings (SSSR count). The SMILES string of the molecule is COc1ccc(N2CCN(C3(C)CN(c4ccccc4)c4ccccc4O3)CC2)cc1. The second kappa shape index (κ2) is 8.16. The standard InChI is InChI=1S/C26H29N3O2/c1-26(28-18-16-27(17-19-28)21-12-14-23(30-2)15-13-21)20-29(22-8-4-3-5-9-22)24-10-6-7-11-25(24)31-26/h3-15H,16-20H2,1-2H3.